The standard InChI is InChI=1S/C18H26O3Si/c1-3-19-22(20-4-2)21-14-8-7-9-16-12-13-17-10-5-6-11-18(17)15-16/h5-6,10-13,15,22H,3-4,7-9,14H2,1-2H3. The molecule has 0 unspecified atom stereocenters. The van der Waals surface area contributed by atoms with Gasteiger partial charge in [0.15, 0.2) is 0 Å². The number of rotatable bonds is 10. The SMILES string of the molecule is CCO[SiH](OCC)OCCCCc1ccc2ccccc2c1. The van der Waals surface area contributed by atoms with Crippen molar-refractivity contribution in [3.63, 3.8) is 0 Å². The van der Waals surface area contributed by atoms with Gasteiger partial charge in [-0.3, -0.25) is 0 Å². The molecule has 0 spiro atoms. The van der Waals surface area contributed by atoms with Gasteiger partial charge in [-0.05, 0) is 49.4 Å². The Kier molecular flexibility index (Phi) is 7.60. The fourth-order valence-electron chi connectivity index (χ4n) is 2.42. The lowest BCUT2D eigenvalue weighted by Crippen LogP contribution is -2.27. The molecular weight excluding hydrogens is 292 g/mol. The average Bonchev–Trinajstić information content (AvgIpc) is 2.55. The molecule has 0 bridgehead atoms. The minimum absolute atomic E-state index is 0.661. The lowest BCUT2D eigenvalue weighted by Gasteiger charge is -2.14. The zero-order chi connectivity index (χ0) is 15.6. The van der Waals surface area contributed by atoms with E-state index in [4.69, 9.17) is 13.3 Å². The lowest BCUT2D eigenvalue weighted by atomic mass is 10.0. The Hall–Kier alpha value is -1.20. The molecular formula is C18H26O3Si. The highest BCUT2D eigenvalue weighted by atomic mass is 28.3. The Labute approximate surface area is 135 Å². The summed E-state index contributed by atoms with van der Waals surface area (Å²) < 4.78 is 16.7. The molecule has 0 amide bonds. The predicted octanol–water partition coefficient (Wildman–Crippen LogP) is 3.97. The van der Waals surface area contributed by atoms with Gasteiger partial charge in [0.1, 0.15) is 0 Å². The number of hydrogen-bond donors (Lipinski definition) is 0. The van der Waals surface area contributed by atoms with Crippen molar-refractivity contribution in [1.29, 1.82) is 0 Å². The molecule has 4 heteroatoms. The minimum atomic E-state index is -1.88. The Morgan fingerprint density at radius 2 is 1.55 bits per heavy atom. The third-order valence-electron chi connectivity index (χ3n) is 3.53. The Balaban J connectivity index is 1.71. The van der Waals surface area contributed by atoms with Gasteiger partial charge in [0.05, 0.1) is 0 Å². The van der Waals surface area contributed by atoms with Crippen LogP contribution in [0.3, 0.4) is 0 Å². The van der Waals surface area contributed by atoms with Gasteiger partial charge >= 0.3 is 9.53 Å². The fourth-order valence-corrected chi connectivity index (χ4v) is 3.61. The molecule has 2 aromatic carbocycles. The summed E-state index contributed by atoms with van der Waals surface area (Å²) in [5.74, 6) is 0. The molecule has 0 saturated heterocycles. The summed E-state index contributed by atoms with van der Waals surface area (Å²) in [5, 5.41) is 2.62. The second-order valence-electron chi connectivity index (χ2n) is 5.21. The Morgan fingerprint density at radius 1 is 0.818 bits per heavy atom. The maximum Gasteiger partial charge on any atom is 0.484 e. The van der Waals surface area contributed by atoms with Crippen LogP contribution in [0.15, 0.2) is 42.5 Å². The second-order valence-corrected chi connectivity index (χ2v) is 6.79. The molecule has 3 nitrogen and oxygen atoms in total. The number of fused-ring (bicyclic) bond motifs is 1. The zero-order valence-electron chi connectivity index (χ0n) is 13.6. The van der Waals surface area contributed by atoms with Crippen molar-refractivity contribution in [2.75, 3.05) is 19.8 Å². The van der Waals surface area contributed by atoms with E-state index in [0.717, 1.165) is 25.9 Å². The first kappa shape index (κ1) is 17.2. The highest BCUT2D eigenvalue weighted by Gasteiger charge is 2.12. The summed E-state index contributed by atoms with van der Waals surface area (Å²) >= 11 is 0. The minimum Gasteiger partial charge on any atom is -0.376 e. The van der Waals surface area contributed by atoms with E-state index in [-0.39, 0.29) is 0 Å². The van der Waals surface area contributed by atoms with Crippen LogP contribution in [0.5, 0.6) is 0 Å². The van der Waals surface area contributed by atoms with Gasteiger partial charge < -0.3 is 13.3 Å². The van der Waals surface area contributed by atoms with Crippen molar-refractivity contribution in [3.8, 4) is 0 Å². The number of benzene rings is 2. The van der Waals surface area contributed by atoms with E-state index < -0.39 is 9.53 Å². The van der Waals surface area contributed by atoms with Crippen LogP contribution in [0.4, 0.5) is 0 Å². The second kappa shape index (κ2) is 9.74. The van der Waals surface area contributed by atoms with Crippen molar-refractivity contribution in [1.82, 2.24) is 0 Å². The fraction of sp³-hybridized carbons (Fsp3) is 0.444. The maximum atomic E-state index is 5.73. The van der Waals surface area contributed by atoms with E-state index in [1.54, 1.807) is 0 Å². The van der Waals surface area contributed by atoms with E-state index >= 15 is 0 Å². The molecule has 0 aliphatic rings. The topological polar surface area (TPSA) is 27.7 Å². The van der Waals surface area contributed by atoms with Gasteiger partial charge in [-0.15, -0.1) is 0 Å². The number of hydrogen-bond acceptors (Lipinski definition) is 3. The normalized spacial score (nSPS) is 11.4. The third kappa shape index (κ3) is 5.53. The average molecular weight is 318 g/mol. The summed E-state index contributed by atoms with van der Waals surface area (Å²) in [4.78, 5) is 0. The van der Waals surface area contributed by atoms with Crippen LogP contribution in [0.25, 0.3) is 10.8 Å². The molecule has 0 N–H and O–H groups in total. The van der Waals surface area contributed by atoms with Crippen LogP contribution < -0.4 is 0 Å². The monoisotopic (exact) mass is 318 g/mol. The van der Waals surface area contributed by atoms with Gasteiger partial charge in [0.2, 0.25) is 0 Å². The van der Waals surface area contributed by atoms with Crippen LogP contribution in [-0.4, -0.2) is 29.3 Å². The van der Waals surface area contributed by atoms with Crippen molar-refractivity contribution in [3.05, 3.63) is 48.0 Å². The Morgan fingerprint density at radius 3 is 2.27 bits per heavy atom. The summed E-state index contributed by atoms with van der Waals surface area (Å²) in [7, 11) is -1.88. The molecule has 0 atom stereocenters. The molecule has 0 radical (unpaired) electrons. The van der Waals surface area contributed by atoms with Crippen LogP contribution in [-0.2, 0) is 19.7 Å². The molecule has 22 heavy (non-hydrogen) atoms. The molecule has 0 aliphatic heterocycles. The quantitative estimate of drug-likeness (QED) is 0.490. The van der Waals surface area contributed by atoms with Gasteiger partial charge in [0.25, 0.3) is 0 Å². The summed E-state index contributed by atoms with van der Waals surface area (Å²) in [6.07, 6.45) is 3.25. The van der Waals surface area contributed by atoms with E-state index in [1.165, 1.54) is 16.3 Å². The summed E-state index contributed by atoms with van der Waals surface area (Å²) in [5.41, 5.74) is 1.39. The first-order valence-corrected chi connectivity index (χ1v) is 9.57. The Bertz CT molecular complexity index is 553. The first-order valence-electron chi connectivity index (χ1n) is 8.16. The molecule has 0 heterocycles. The molecule has 0 saturated carbocycles. The zero-order valence-corrected chi connectivity index (χ0v) is 14.7. The molecule has 2 aromatic rings. The van der Waals surface area contributed by atoms with E-state index in [2.05, 4.69) is 42.5 Å². The molecule has 2 rings (SSSR count). The van der Waals surface area contributed by atoms with Gasteiger partial charge in [0, 0.05) is 19.8 Å². The van der Waals surface area contributed by atoms with Crippen LogP contribution in [0.1, 0.15) is 32.3 Å². The van der Waals surface area contributed by atoms with Crippen LogP contribution >= 0.6 is 0 Å². The first-order chi connectivity index (χ1) is 10.8. The van der Waals surface area contributed by atoms with Crippen molar-refractivity contribution in [2.45, 2.75) is 33.1 Å². The maximum absolute atomic E-state index is 5.73. The molecule has 0 fully saturated rings. The highest BCUT2D eigenvalue weighted by molar-refractivity contribution is 6.36. The molecule has 0 aromatic heterocycles. The summed E-state index contributed by atoms with van der Waals surface area (Å²) in [6.45, 7) is 6.00. The number of unbranched alkanes of at least 4 members (excludes halogenated alkanes) is 1. The lowest BCUT2D eigenvalue weighted by molar-refractivity contribution is 0.101. The van der Waals surface area contributed by atoms with Gasteiger partial charge in [-0.2, -0.15) is 0 Å². The number of aryl methyl sites for hydroxylation is 1. The smallest absolute Gasteiger partial charge is 0.376 e. The highest BCUT2D eigenvalue weighted by Crippen LogP contribution is 2.17. The predicted molar refractivity (Wildman–Crippen MR) is 93.2 cm³/mol. The van der Waals surface area contributed by atoms with Crippen LogP contribution in [0, 0.1) is 0 Å². The molecule has 120 valence electrons. The van der Waals surface area contributed by atoms with Gasteiger partial charge in [-0.25, -0.2) is 0 Å². The largest absolute Gasteiger partial charge is 0.484 e. The van der Waals surface area contributed by atoms with E-state index in [0.29, 0.717) is 13.2 Å². The molecule has 0 aliphatic carbocycles. The van der Waals surface area contributed by atoms with E-state index in [9.17, 15) is 0 Å². The van der Waals surface area contributed by atoms with Crippen LogP contribution in [0.2, 0.25) is 0 Å². The third-order valence-corrected chi connectivity index (χ3v) is 5.25. The van der Waals surface area contributed by atoms with Crippen molar-refractivity contribution >= 4 is 20.3 Å². The van der Waals surface area contributed by atoms with Crippen molar-refractivity contribution < 1.29 is 13.3 Å². The van der Waals surface area contributed by atoms with Gasteiger partial charge in [-0.1, -0.05) is 42.5 Å². The summed E-state index contributed by atoms with van der Waals surface area (Å²) in [6, 6.07) is 15.2. The van der Waals surface area contributed by atoms with Crippen molar-refractivity contribution in [2.24, 2.45) is 0 Å². The van der Waals surface area contributed by atoms with E-state index in [1.807, 2.05) is 13.8 Å².